The molecule has 6 aromatic carbocycles. The van der Waals surface area contributed by atoms with Gasteiger partial charge in [-0.05, 0) is 21.2 Å². The molecular weight excluding hydrogens is 668 g/mol. The molecule has 0 bridgehead atoms. The maximum Gasteiger partial charge on any atom is 0 e. The minimum Gasteiger partial charge on any atom is -0.748 e. The molecular formula is C34H33ClFeP2Pd-6. The molecule has 0 aliphatic carbocycles. The van der Waals surface area contributed by atoms with E-state index in [-0.39, 0.29) is 49.9 Å². The predicted molar refractivity (Wildman–Crippen MR) is 172 cm³/mol. The van der Waals surface area contributed by atoms with Gasteiger partial charge in [0.25, 0.3) is 0 Å². The zero-order valence-electron chi connectivity index (χ0n) is 21.4. The smallest absolute Gasteiger partial charge is 0 e. The van der Waals surface area contributed by atoms with Crippen LogP contribution in [0.2, 0.25) is 0 Å². The third kappa shape index (κ3) is 18.0. The first-order valence-electron chi connectivity index (χ1n) is 12.0. The molecule has 0 heterocycles. The van der Waals surface area contributed by atoms with Gasteiger partial charge in [0.1, 0.15) is 0 Å². The van der Waals surface area contributed by atoms with Gasteiger partial charge in [-0.2, -0.15) is 18.2 Å². The third-order valence-corrected chi connectivity index (χ3v) is 7.27. The van der Waals surface area contributed by atoms with Crippen molar-refractivity contribution in [3.63, 3.8) is 0 Å². The summed E-state index contributed by atoms with van der Waals surface area (Å²) in [6, 6.07) is 62.3. The quantitative estimate of drug-likeness (QED) is 0.0999. The molecule has 0 aliphatic rings. The van der Waals surface area contributed by atoms with Crippen molar-refractivity contribution in [1.29, 1.82) is 0 Å². The van der Waals surface area contributed by atoms with Crippen LogP contribution in [0, 0.1) is 0 Å². The summed E-state index contributed by atoms with van der Waals surface area (Å²) in [4.78, 5) is 0. The van der Waals surface area contributed by atoms with Crippen LogP contribution < -0.4 is 21.2 Å². The molecule has 0 amide bonds. The monoisotopic (exact) mass is 700 g/mol. The molecule has 0 aliphatic heterocycles. The number of hydrogen-bond donors (Lipinski definition) is 0. The molecule has 0 aromatic heterocycles. The van der Waals surface area contributed by atoms with Gasteiger partial charge in [0.05, 0.1) is 0 Å². The van der Waals surface area contributed by atoms with Gasteiger partial charge < -0.3 is 30.3 Å². The van der Waals surface area contributed by atoms with E-state index in [0.29, 0.717) is 0 Å². The van der Waals surface area contributed by atoms with E-state index in [2.05, 4.69) is 121 Å². The molecule has 0 N–H and O–H groups in total. The molecule has 0 radical (unpaired) electrons. The van der Waals surface area contributed by atoms with Gasteiger partial charge >= 0.3 is 0 Å². The Morgan fingerprint density at radius 2 is 0.590 bits per heavy atom. The fourth-order valence-corrected chi connectivity index (χ4v) is 5.16. The van der Waals surface area contributed by atoms with Crippen molar-refractivity contribution in [2.24, 2.45) is 0 Å². The number of hydrogen-bond acceptors (Lipinski definition) is 0. The van der Waals surface area contributed by atoms with Crippen molar-refractivity contribution >= 4 is 50.8 Å². The Morgan fingerprint density at radius 3 is 0.769 bits per heavy atom. The average Bonchev–Trinajstić information content (AvgIpc) is 3.72. The molecule has 210 valence electrons. The van der Waals surface area contributed by atoms with Crippen molar-refractivity contribution in [3.8, 4) is 0 Å². The third-order valence-electron chi connectivity index (χ3n) is 4.78. The summed E-state index contributed by atoms with van der Waals surface area (Å²) in [5.41, 5.74) is 0. The Bertz CT molecular complexity index is 1040. The fraction of sp³-hybridized carbons (Fsp3) is 0. The molecule has 0 fully saturated rings. The van der Waals surface area contributed by atoms with Crippen molar-refractivity contribution in [2.45, 2.75) is 0 Å². The van der Waals surface area contributed by atoms with E-state index in [0.717, 1.165) is 17.2 Å². The SMILES string of the molecule is Cl.[Fe].[Pd].[cH-]1[cH-][cH-][cH-][cH-]1.c1cc[cH-]c1.c1ccc(Pc2ccccc2)cc1.c1ccc(Pc2ccccc2)cc1. The van der Waals surface area contributed by atoms with Crippen LogP contribution in [-0.4, -0.2) is 0 Å². The summed E-state index contributed by atoms with van der Waals surface area (Å²) in [6.45, 7) is 0. The maximum atomic E-state index is 2.17. The second-order valence-electron chi connectivity index (χ2n) is 7.64. The zero-order chi connectivity index (χ0) is 24.9. The normalized spacial score (nSPS) is 8.62. The first-order valence-corrected chi connectivity index (χ1v) is 14.0. The topological polar surface area (TPSA) is 0 Å². The second-order valence-corrected chi connectivity index (χ2v) is 10.4. The van der Waals surface area contributed by atoms with Crippen LogP contribution in [-0.2, 0) is 37.5 Å². The van der Waals surface area contributed by atoms with Crippen molar-refractivity contribution in [3.05, 3.63) is 182 Å². The first-order chi connectivity index (χ1) is 17.9. The van der Waals surface area contributed by atoms with Crippen LogP contribution in [0.15, 0.2) is 182 Å². The summed E-state index contributed by atoms with van der Waals surface area (Å²) in [6.07, 6.45) is 0. The predicted octanol–water partition coefficient (Wildman–Crippen LogP) is 7.86. The van der Waals surface area contributed by atoms with Gasteiger partial charge in [-0.15, -0.1) is 12.4 Å². The van der Waals surface area contributed by atoms with Crippen molar-refractivity contribution in [2.75, 3.05) is 0 Å². The Labute approximate surface area is 268 Å². The van der Waals surface area contributed by atoms with Gasteiger partial charge in [-0.25, -0.2) is 12.1 Å². The second kappa shape index (κ2) is 24.9. The van der Waals surface area contributed by atoms with Gasteiger partial charge in [0.2, 0.25) is 0 Å². The maximum absolute atomic E-state index is 2.17. The summed E-state index contributed by atoms with van der Waals surface area (Å²) in [5.74, 6) is 0. The van der Waals surface area contributed by atoms with Crippen LogP contribution >= 0.6 is 29.6 Å². The molecule has 6 aromatic rings. The standard InChI is InChI=1S/2C12H11P.2C5H5.ClH.Fe.Pd/c2*1-3-7-11(8-4-1)13-12-9-5-2-6-10-12;2*1-2-4-5-3-1;;;/h2*1-10,13H;2*1-5H;1H;;/q;;-5;-1;;;. The molecule has 0 unspecified atom stereocenters. The molecule has 0 nitrogen and oxygen atoms in total. The largest absolute Gasteiger partial charge is 0.748 e. The first kappa shape index (κ1) is 36.9. The Balaban J connectivity index is 0.000000521. The minimum absolute atomic E-state index is 0. The number of benzene rings is 4. The Hall–Kier alpha value is -2.09. The van der Waals surface area contributed by atoms with E-state index >= 15 is 0 Å². The van der Waals surface area contributed by atoms with Crippen molar-refractivity contribution in [1.82, 2.24) is 0 Å². The van der Waals surface area contributed by atoms with Crippen molar-refractivity contribution < 1.29 is 37.5 Å². The van der Waals surface area contributed by atoms with Gasteiger partial charge in [0.15, 0.2) is 0 Å². The number of halogens is 1. The van der Waals surface area contributed by atoms with E-state index in [9.17, 15) is 0 Å². The molecule has 6 rings (SSSR count). The summed E-state index contributed by atoms with van der Waals surface area (Å²) in [5, 5.41) is 5.59. The Kier molecular flexibility index (Phi) is 23.6. The molecule has 0 saturated heterocycles. The summed E-state index contributed by atoms with van der Waals surface area (Å²) < 4.78 is 0. The minimum atomic E-state index is 0. The van der Waals surface area contributed by atoms with E-state index in [1.807, 2.05) is 60.7 Å². The van der Waals surface area contributed by atoms with Crippen LogP contribution in [0.5, 0.6) is 0 Å². The van der Waals surface area contributed by atoms with Gasteiger partial charge in [-0.1, -0.05) is 138 Å². The molecule has 39 heavy (non-hydrogen) atoms. The van der Waals surface area contributed by atoms with Crippen LogP contribution in [0.1, 0.15) is 0 Å². The fourth-order valence-electron chi connectivity index (χ4n) is 3.06. The average molecular weight is 701 g/mol. The molecule has 0 atom stereocenters. The van der Waals surface area contributed by atoms with Gasteiger partial charge in [-0.3, -0.25) is 0 Å². The molecule has 0 saturated carbocycles. The van der Waals surface area contributed by atoms with Crippen LogP contribution in [0.3, 0.4) is 0 Å². The van der Waals surface area contributed by atoms with E-state index in [1.165, 1.54) is 21.2 Å². The van der Waals surface area contributed by atoms with Crippen LogP contribution in [0.4, 0.5) is 0 Å². The molecule has 0 spiro atoms. The van der Waals surface area contributed by atoms with E-state index < -0.39 is 0 Å². The van der Waals surface area contributed by atoms with Crippen LogP contribution in [0.25, 0.3) is 0 Å². The number of rotatable bonds is 4. The van der Waals surface area contributed by atoms with E-state index in [1.54, 1.807) is 0 Å². The molecule has 5 heteroatoms. The Morgan fingerprint density at radius 1 is 0.359 bits per heavy atom. The van der Waals surface area contributed by atoms with E-state index in [4.69, 9.17) is 0 Å². The summed E-state index contributed by atoms with van der Waals surface area (Å²) in [7, 11) is 1.55. The summed E-state index contributed by atoms with van der Waals surface area (Å²) >= 11 is 0. The zero-order valence-corrected chi connectivity index (χ0v) is 26.9. The van der Waals surface area contributed by atoms with Gasteiger partial charge in [0, 0.05) is 37.5 Å².